The molecule has 0 fully saturated rings. The monoisotopic (exact) mass is 190 g/mol. The predicted octanol–water partition coefficient (Wildman–Crippen LogP) is 1.93. The van der Waals surface area contributed by atoms with Crippen molar-refractivity contribution >= 4 is 5.78 Å². The van der Waals surface area contributed by atoms with Crippen molar-refractivity contribution in [1.82, 2.24) is 0 Å². The SMILES string of the molecule is C/C=C\C=C/C(=O)C(O)C1=CC=CC1. The molecule has 1 aliphatic rings. The van der Waals surface area contributed by atoms with Gasteiger partial charge in [0, 0.05) is 0 Å². The van der Waals surface area contributed by atoms with Gasteiger partial charge < -0.3 is 5.11 Å². The Labute approximate surface area is 83.9 Å². The molecule has 14 heavy (non-hydrogen) atoms. The molecule has 0 radical (unpaired) electrons. The van der Waals surface area contributed by atoms with Crippen LogP contribution in [0.4, 0.5) is 0 Å². The van der Waals surface area contributed by atoms with Gasteiger partial charge in [-0.05, 0) is 25.0 Å². The average molecular weight is 190 g/mol. The van der Waals surface area contributed by atoms with Crippen LogP contribution in [0.1, 0.15) is 13.3 Å². The van der Waals surface area contributed by atoms with E-state index < -0.39 is 6.10 Å². The number of ketones is 1. The Morgan fingerprint density at radius 2 is 2.36 bits per heavy atom. The second-order valence-electron chi connectivity index (χ2n) is 3.06. The minimum atomic E-state index is -0.980. The lowest BCUT2D eigenvalue weighted by atomic mass is 10.1. The Morgan fingerprint density at radius 3 is 2.93 bits per heavy atom. The van der Waals surface area contributed by atoms with Gasteiger partial charge in [-0.1, -0.05) is 36.5 Å². The molecule has 0 amide bonds. The highest BCUT2D eigenvalue weighted by Gasteiger charge is 2.17. The zero-order chi connectivity index (χ0) is 10.4. The first-order valence-corrected chi connectivity index (χ1v) is 4.62. The van der Waals surface area contributed by atoms with Crippen LogP contribution in [0.2, 0.25) is 0 Å². The van der Waals surface area contributed by atoms with Gasteiger partial charge in [0.2, 0.25) is 0 Å². The molecule has 0 bridgehead atoms. The number of hydrogen-bond donors (Lipinski definition) is 1. The van der Waals surface area contributed by atoms with Crippen LogP contribution in [0.15, 0.2) is 48.1 Å². The van der Waals surface area contributed by atoms with Crippen molar-refractivity contribution in [1.29, 1.82) is 0 Å². The van der Waals surface area contributed by atoms with Gasteiger partial charge >= 0.3 is 0 Å². The van der Waals surface area contributed by atoms with Crippen LogP contribution in [0.3, 0.4) is 0 Å². The van der Waals surface area contributed by atoms with Crippen molar-refractivity contribution in [3.05, 3.63) is 48.1 Å². The van der Waals surface area contributed by atoms with Gasteiger partial charge in [0.1, 0.15) is 6.10 Å². The van der Waals surface area contributed by atoms with Gasteiger partial charge in [-0.3, -0.25) is 4.79 Å². The van der Waals surface area contributed by atoms with Crippen LogP contribution < -0.4 is 0 Å². The fourth-order valence-electron chi connectivity index (χ4n) is 1.20. The molecular weight excluding hydrogens is 176 g/mol. The Morgan fingerprint density at radius 1 is 1.57 bits per heavy atom. The van der Waals surface area contributed by atoms with Gasteiger partial charge in [-0.15, -0.1) is 0 Å². The minimum absolute atomic E-state index is 0.266. The van der Waals surface area contributed by atoms with Crippen LogP contribution in [-0.2, 0) is 4.79 Å². The Bertz CT molecular complexity index is 319. The van der Waals surface area contributed by atoms with E-state index in [1.165, 1.54) is 6.08 Å². The number of aliphatic hydroxyl groups is 1. The molecule has 0 aromatic carbocycles. The number of rotatable bonds is 4. The highest BCUT2D eigenvalue weighted by molar-refractivity contribution is 5.95. The normalized spacial score (nSPS) is 18.0. The largest absolute Gasteiger partial charge is 0.381 e. The molecule has 74 valence electrons. The molecule has 0 saturated heterocycles. The zero-order valence-electron chi connectivity index (χ0n) is 8.18. The molecule has 1 N–H and O–H groups in total. The van der Waals surface area contributed by atoms with Gasteiger partial charge in [0.05, 0.1) is 0 Å². The zero-order valence-corrected chi connectivity index (χ0v) is 8.18. The van der Waals surface area contributed by atoms with Crippen molar-refractivity contribution in [3.63, 3.8) is 0 Å². The standard InChI is InChI=1S/C12H14O2/c1-2-3-4-9-11(13)12(14)10-7-5-6-8-10/h2-7,9,12,14H,8H2,1H3/b3-2-,9-4-. The molecule has 0 heterocycles. The van der Waals surface area contributed by atoms with E-state index >= 15 is 0 Å². The summed E-state index contributed by atoms with van der Waals surface area (Å²) >= 11 is 0. The number of aliphatic hydroxyl groups excluding tert-OH is 1. The van der Waals surface area contributed by atoms with Crippen molar-refractivity contribution in [2.45, 2.75) is 19.4 Å². The van der Waals surface area contributed by atoms with E-state index in [1.807, 2.05) is 25.2 Å². The first kappa shape index (κ1) is 10.7. The molecule has 0 aliphatic heterocycles. The van der Waals surface area contributed by atoms with Crippen LogP contribution >= 0.6 is 0 Å². The number of hydrogen-bond acceptors (Lipinski definition) is 2. The molecule has 1 rings (SSSR count). The number of carbonyl (C=O) groups excluding carboxylic acids is 1. The fourth-order valence-corrected chi connectivity index (χ4v) is 1.20. The molecule has 1 aliphatic carbocycles. The van der Waals surface area contributed by atoms with Crippen molar-refractivity contribution in [2.24, 2.45) is 0 Å². The second-order valence-corrected chi connectivity index (χ2v) is 3.06. The van der Waals surface area contributed by atoms with Gasteiger partial charge in [-0.2, -0.15) is 0 Å². The van der Waals surface area contributed by atoms with E-state index in [2.05, 4.69) is 0 Å². The summed E-state index contributed by atoms with van der Waals surface area (Å²) in [5, 5.41) is 9.58. The van der Waals surface area contributed by atoms with Gasteiger partial charge in [0.15, 0.2) is 5.78 Å². The van der Waals surface area contributed by atoms with Crippen molar-refractivity contribution < 1.29 is 9.90 Å². The molecule has 1 unspecified atom stereocenters. The molecule has 0 spiro atoms. The minimum Gasteiger partial charge on any atom is -0.381 e. The highest BCUT2D eigenvalue weighted by Crippen LogP contribution is 2.15. The maximum absolute atomic E-state index is 11.4. The van der Waals surface area contributed by atoms with E-state index in [1.54, 1.807) is 18.2 Å². The lowest BCUT2D eigenvalue weighted by Gasteiger charge is -2.06. The fraction of sp³-hybridized carbons (Fsp3) is 0.250. The molecule has 2 nitrogen and oxygen atoms in total. The average Bonchev–Trinajstić information content (AvgIpc) is 2.69. The van der Waals surface area contributed by atoms with Crippen molar-refractivity contribution in [3.8, 4) is 0 Å². The summed E-state index contributed by atoms with van der Waals surface area (Å²) in [5.41, 5.74) is 0.764. The second kappa shape index (κ2) is 5.35. The van der Waals surface area contributed by atoms with E-state index in [0.717, 1.165) is 5.57 Å². The summed E-state index contributed by atoms with van der Waals surface area (Å²) in [6, 6.07) is 0. The van der Waals surface area contributed by atoms with Gasteiger partial charge in [0.25, 0.3) is 0 Å². The summed E-state index contributed by atoms with van der Waals surface area (Å²) in [7, 11) is 0. The van der Waals surface area contributed by atoms with Crippen molar-refractivity contribution in [2.75, 3.05) is 0 Å². The summed E-state index contributed by atoms with van der Waals surface area (Å²) in [6.45, 7) is 1.87. The molecule has 1 atom stereocenters. The smallest absolute Gasteiger partial charge is 0.188 e. The molecule has 0 saturated carbocycles. The summed E-state index contributed by atoms with van der Waals surface area (Å²) in [5.74, 6) is -0.266. The van der Waals surface area contributed by atoms with Crippen LogP contribution in [0.5, 0.6) is 0 Å². The van der Waals surface area contributed by atoms with Crippen LogP contribution in [0, 0.1) is 0 Å². The molecule has 0 aromatic rings. The topological polar surface area (TPSA) is 37.3 Å². The predicted molar refractivity (Wildman–Crippen MR) is 56.8 cm³/mol. The summed E-state index contributed by atoms with van der Waals surface area (Å²) in [6.07, 6.45) is 11.8. The van der Waals surface area contributed by atoms with E-state index in [9.17, 15) is 9.90 Å². The van der Waals surface area contributed by atoms with Gasteiger partial charge in [-0.25, -0.2) is 0 Å². The lowest BCUT2D eigenvalue weighted by molar-refractivity contribution is -0.120. The number of allylic oxidation sites excluding steroid dienone is 6. The highest BCUT2D eigenvalue weighted by atomic mass is 16.3. The third-order valence-electron chi connectivity index (χ3n) is 1.98. The quantitative estimate of drug-likeness (QED) is 0.543. The third kappa shape index (κ3) is 2.82. The van der Waals surface area contributed by atoms with E-state index in [0.29, 0.717) is 6.42 Å². The van der Waals surface area contributed by atoms with Crippen LogP contribution in [-0.4, -0.2) is 17.0 Å². The summed E-state index contributed by atoms with van der Waals surface area (Å²) in [4.78, 5) is 11.4. The third-order valence-corrected chi connectivity index (χ3v) is 1.98. The van der Waals surface area contributed by atoms with E-state index in [-0.39, 0.29) is 5.78 Å². The maximum atomic E-state index is 11.4. The Balaban J connectivity index is 2.52. The summed E-state index contributed by atoms with van der Waals surface area (Å²) < 4.78 is 0. The Kier molecular flexibility index (Phi) is 4.08. The number of carbonyl (C=O) groups is 1. The van der Waals surface area contributed by atoms with Crippen LogP contribution in [0.25, 0.3) is 0 Å². The molecule has 2 heteroatoms. The maximum Gasteiger partial charge on any atom is 0.188 e. The molecule has 0 aromatic heterocycles. The molecular formula is C12H14O2. The first-order valence-electron chi connectivity index (χ1n) is 4.62. The lowest BCUT2D eigenvalue weighted by Crippen LogP contribution is -2.19. The van der Waals surface area contributed by atoms with E-state index in [4.69, 9.17) is 0 Å². The first-order chi connectivity index (χ1) is 6.75. The Hall–Kier alpha value is -1.41.